The Kier molecular flexibility index (Phi) is 3.15. The molecule has 0 unspecified atom stereocenters. The van der Waals surface area contributed by atoms with Crippen LogP contribution in [0, 0.1) is 0 Å². The Morgan fingerprint density at radius 2 is 1.75 bits per heavy atom. The Morgan fingerprint density at radius 1 is 1.05 bits per heavy atom. The van der Waals surface area contributed by atoms with Crippen molar-refractivity contribution in [3.05, 3.63) is 65.2 Å². The Morgan fingerprint density at radius 3 is 2.55 bits per heavy atom. The van der Waals surface area contributed by atoms with Crippen molar-refractivity contribution in [3.63, 3.8) is 0 Å². The van der Waals surface area contributed by atoms with E-state index in [-0.39, 0.29) is 5.91 Å². The Labute approximate surface area is 119 Å². The van der Waals surface area contributed by atoms with Gasteiger partial charge >= 0.3 is 0 Å². The molecule has 0 saturated heterocycles. The van der Waals surface area contributed by atoms with Gasteiger partial charge in [-0.3, -0.25) is 4.79 Å². The van der Waals surface area contributed by atoms with Gasteiger partial charge in [0.25, 0.3) is 0 Å². The van der Waals surface area contributed by atoms with Crippen molar-refractivity contribution in [1.29, 1.82) is 0 Å². The van der Waals surface area contributed by atoms with Crippen molar-refractivity contribution in [2.24, 2.45) is 0 Å². The number of anilines is 1. The van der Waals surface area contributed by atoms with E-state index in [1.165, 1.54) is 16.7 Å². The van der Waals surface area contributed by atoms with E-state index in [9.17, 15) is 4.79 Å². The lowest BCUT2D eigenvalue weighted by molar-refractivity contribution is -0.116. The zero-order valence-corrected chi connectivity index (χ0v) is 11.8. The Balaban J connectivity index is 2.26. The minimum absolute atomic E-state index is 0.0713. The third-order valence-corrected chi connectivity index (χ3v) is 3.76. The SMILES string of the molecule is CC(=O)N1Cc2ccccc2/C=C(/C)c2ccccc21. The van der Waals surface area contributed by atoms with Crippen LogP contribution in [0.5, 0.6) is 0 Å². The van der Waals surface area contributed by atoms with E-state index in [4.69, 9.17) is 0 Å². The van der Waals surface area contributed by atoms with Crippen LogP contribution in [-0.2, 0) is 11.3 Å². The van der Waals surface area contributed by atoms with Crippen molar-refractivity contribution in [1.82, 2.24) is 0 Å². The molecule has 2 heteroatoms. The highest BCUT2D eigenvalue weighted by Gasteiger charge is 2.19. The molecule has 1 heterocycles. The van der Waals surface area contributed by atoms with Gasteiger partial charge in [-0.15, -0.1) is 0 Å². The Bertz CT molecular complexity index is 700. The van der Waals surface area contributed by atoms with Crippen molar-refractivity contribution in [2.75, 3.05) is 4.90 Å². The molecule has 0 aromatic heterocycles. The molecule has 1 aliphatic heterocycles. The summed E-state index contributed by atoms with van der Waals surface area (Å²) in [5.41, 5.74) is 5.65. The summed E-state index contributed by atoms with van der Waals surface area (Å²) in [6.45, 7) is 4.34. The number of para-hydroxylation sites is 1. The van der Waals surface area contributed by atoms with E-state index in [0.29, 0.717) is 6.54 Å². The Hall–Kier alpha value is -2.35. The van der Waals surface area contributed by atoms with Crippen molar-refractivity contribution >= 4 is 23.2 Å². The van der Waals surface area contributed by atoms with Gasteiger partial charge in [0, 0.05) is 12.5 Å². The van der Waals surface area contributed by atoms with Crippen LogP contribution >= 0.6 is 0 Å². The molecule has 0 fully saturated rings. The maximum absolute atomic E-state index is 12.0. The number of fused-ring (bicyclic) bond motifs is 2. The highest BCUT2D eigenvalue weighted by molar-refractivity contribution is 5.97. The standard InChI is InChI=1S/C18H17NO/c1-13-11-15-7-3-4-8-16(15)12-19(14(2)20)18-10-6-5-9-17(13)18/h3-11H,12H2,1-2H3/b13-11-. The van der Waals surface area contributed by atoms with Crippen LogP contribution in [0.3, 0.4) is 0 Å². The van der Waals surface area contributed by atoms with E-state index in [1.807, 2.05) is 35.2 Å². The molecule has 1 aliphatic rings. The predicted octanol–water partition coefficient (Wildman–Crippen LogP) is 4.11. The number of allylic oxidation sites excluding steroid dienone is 1. The summed E-state index contributed by atoms with van der Waals surface area (Å²) in [6, 6.07) is 16.3. The maximum Gasteiger partial charge on any atom is 0.224 e. The second kappa shape index (κ2) is 4.97. The summed E-state index contributed by atoms with van der Waals surface area (Å²) in [5.74, 6) is 0.0713. The highest BCUT2D eigenvalue weighted by atomic mass is 16.2. The first kappa shape index (κ1) is 12.7. The fourth-order valence-electron chi connectivity index (χ4n) is 2.71. The minimum atomic E-state index is 0.0713. The van der Waals surface area contributed by atoms with Gasteiger partial charge in [0.05, 0.1) is 12.2 Å². The number of carbonyl (C=O) groups is 1. The van der Waals surface area contributed by atoms with Crippen LogP contribution in [-0.4, -0.2) is 5.91 Å². The zero-order chi connectivity index (χ0) is 14.1. The van der Waals surface area contributed by atoms with E-state index in [0.717, 1.165) is 11.3 Å². The smallest absolute Gasteiger partial charge is 0.224 e. The number of carbonyl (C=O) groups excluding carboxylic acids is 1. The molecular formula is C18H17NO. The lowest BCUT2D eigenvalue weighted by Gasteiger charge is -2.27. The van der Waals surface area contributed by atoms with Crippen molar-refractivity contribution in [2.45, 2.75) is 20.4 Å². The van der Waals surface area contributed by atoms with Crippen LogP contribution in [0.1, 0.15) is 30.5 Å². The van der Waals surface area contributed by atoms with Gasteiger partial charge in [0.1, 0.15) is 0 Å². The van der Waals surface area contributed by atoms with Gasteiger partial charge in [0.2, 0.25) is 5.91 Å². The highest BCUT2D eigenvalue weighted by Crippen LogP contribution is 2.33. The topological polar surface area (TPSA) is 20.3 Å². The third kappa shape index (κ3) is 2.14. The number of rotatable bonds is 0. The van der Waals surface area contributed by atoms with E-state index >= 15 is 0 Å². The predicted molar refractivity (Wildman–Crippen MR) is 83.3 cm³/mol. The number of hydrogen-bond donors (Lipinski definition) is 0. The molecule has 20 heavy (non-hydrogen) atoms. The van der Waals surface area contributed by atoms with Crippen LogP contribution in [0.25, 0.3) is 11.6 Å². The van der Waals surface area contributed by atoms with E-state index in [1.54, 1.807) is 6.92 Å². The summed E-state index contributed by atoms with van der Waals surface area (Å²) >= 11 is 0. The first-order valence-corrected chi connectivity index (χ1v) is 6.80. The number of hydrogen-bond acceptors (Lipinski definition) is 1. The van der Waals surface area contributed by atoms with Gasteiger partial charge in [0.15, 0.2) is 0 Å². The lowest BCUT2D eigenvalue weighted by atomic mass is 9.96. The van der Waals surface area contributed by atoms with Gasteiger partial charge in [-0.2, -0.15) is 0 Å². The zero-order valence-electron chi connectivity index (χ0n) is 11.8. The monoisotopic (exact) mass is 263 g/mol. The van der Waals surface area contributed by atoms with E-state index < -0.39 is 0 Å². The van der Waals surface area contributed by atoms with Crippen molar-refractivity contribution < 1.29 is 4.79 Å². The molecule has 2 nitrogen and oxygen atoms in total. The summed E-state index contributed by atoms with van der Waals surface area (Å²) < 4.78 is 0. The maximum atomic E-state index is 12.0. The van der Waals surface area contributed by atoms with E-state index in [2.05, 4.69) is 31.2 Å². The molecule has 100 valence electrons. The molecule has 0 radical (unpaired) electrons. The normalized spacial score (nSPS) is 16.3. The van der Waals surface area contributed by atoms with Crippen LogP contribution < -0.4 is 4.90 Å². The molecule has 0 saturated carbocycles. The third-order valence-electron chi connectivity index (χ3n) is 3.76. The summed E-state index contributed by atoms with van der Waals surface area (Å²) in [7, 11) is 0. The van der Waals surface area contributed by atoms with Crippen LogP contribution in [0.4, 0.5) is 5.69 Å². The average molecular weight is 263 g/mol. The van der Waals surface area contributed by atoms with Crippen LogP contribution in [0.2, 0.25) is 0 Å². The summed E-state index contributed by atoms with van der Waals surface area (Å²) in [6.07, 6.45) is 2.20. The van der Waals surface area contributed by atoms with Gasteiger partial charge < -0.3 is 4.90 Å². The van der Waals surface area contributed by atoms with Gasteiger partial charge in [-0.25, -0.2) is 0 Å². The molecule has 2 aromatic carbocycles. The molecular weight excluding hydrogens is 246 g/mol. The second-order valence-electron chi connectivity index (χ2n) is 5.15. The molecule has 0 spiro atoms. The van der Waals surface area contributed by atoms with Crippen LogP contribution in [0.15, 0.2) is 48.5 Å². The molecule has 2 aromatic rings. The first-order chi connectivity index (χ1) is 9.66. The lowest BCUT2D eigenvalue weighted by Crippen LogP contribution is -2.29. The summed E-state index contributed by atoms with van der Waals surface area (Å²) in [4.78, 5) is 13.9. The molecule has 1 amide bonds. The molecule has 0 bridgehead atoms. The van der Waals surface area contributed by atoms with Gasteiger partial charge in [-0.1, -0.05) is 48.5 Å². The molecule has 0 aliphatic carbocycles. The van der Waals surface area contributed by atoms with Crippen molar-refractivity contribution in [3.8, 4) is 0 Å². The fraction of sp³-hybridized carbons (Fsp3) is 0.167. The fourth-order valence-corrected chi connectivity index (χ4v) is 2.71. The second-order valence-corrected chi connectivity index (χ2v) is 5.15. The molecule has 0 atom stereocenters. The number of nitrogens with zero attached hydrogens (tertiary/aromatic N) is 1. The summed E-state index contributed by atoms with van der Waals surface area (Å²) in [5, 5.41) is 0. The number of benzene rings is 2. The minimum Gasteiger partial charge on any atom is -0.308 e. The first-order valence-electron chi connectivity index (χ1n) is 6.80. The molecule has 0 N–H and O–H groups in total. The largest absolute Gasteiger partial charge is 0.308 e. The van der Waals surface area contributed by atoms with Gasteiger partial charge in [-0.05, 0) is 29.7 Å². The molecule has 3 rings (SSSR count). The average Bonchev–Trinajstić information content (AvgIpc) is 2.44. The quantitative estimate of drug-likeness (QED) is 0.700. The number of amides is 1.